The molecule has 0 bridgehead atoms. The van der Waals surface area contributed by atoms with Gasteiger partial charge in [-0.2, -0.15) is 9.61 Å². The first-order chi connectivity index (χ1) is 15.3. The number of nitrogens with one attached hydrogen (secondary N) is 1. The van der Waals surface area contributed by atoms with Gasteiger partial charge in [-0.15, -0.1) is 0 Å². The van der Waals surface area contributed by atoms with Crippen LogP contribution in [0.4, 0.5) is 0 Å². The van der Waals surface area contributed by atoms with Crippen molar-refractivity contribution in [3.05, 3.63) is 33.8 Å². The Kier molecular flexibility index (Phi) is 6.05. The molecule has 0 unspecified atom stereocenters. The van der Waals surface area contributed by atoms with Gasteiger partial charge in [0.25, 0.3) is 11.5 Å². The lowest BCUT2D eigenvalue weighted by Gasteiger charge is -2.28. The predicted octanol–water partition coefficient (Wildman–Crippen LogP) is 0.746. The average molecular weight is 444 g/mol. The molecule has 2 amide bonds. The van der Waals surface area contributed by atoms with E-state index in [1.165, 1.54) is 16.8 Å². The number of aliphatic hydroxyl groups is 1. The van der Waals surface area contributed by atoms with E-state index in [0.29, 0.717) is 43.7 Å². The number of fused-ring (bicyclic) bond motifs is 1. The van der Waals surface area contributed by atoms with Gasteiger partial charge in [0.15, 0.2) is 5.56 Å². The number of nitrogens with zero attached hydrogens (tertiary/aromatic N) is 4. The number of rotatable bonds is 6. The SMILES string of the molecule is CC(C)Cn1c(O)c(C(=O)NC2CC2)c(=O)n2ncc(C=CC(=O)N3CCC(O)CC3)c12. The van der Waals surface area contributed by atoms with Gasteiger partial charge in [-0.05, 0) is 37.7 Å². The summed E-state index contributed by atoms with van der Waals surface area (Å²) in [5.74, 6) is -1.09. The van der Waals surface area contributed by atoms with E-state index in [9.17, 15) is 24.6 Å². The van der Waals surface area contributed by atoms with Crippen molar-refractivity contribution >= 4 is 23.5 Å². The zero-order valence-electron chi connectivity index (χ0n) is 18.3. The van der Waals surface area contributed by atoms with Gasteiger partial charge in [-0.1, -0.05) is 13.8 Å². The molecule has 3 N–H and O–H groups in total. The second-order valence-electron chi connectivity index (χ2n) is 8.98. The Balaban J connectivity index is 1.72. The zero-order chi connectivity index (χ0) is 23.0. The molecule has 4 rings (SSSR count). The highest BCUT2D eigenvalue weighted by Crippen LogP contribution is 2.24. The summed E-state index contributed by atoms with van der Waals surface area (Å²) in [5, 5.41) is 27.4. The van der Waals surface area contributed by atoms with Gasteiger partial charge in [-0.25, -0.2) is 0 Å². The summed E-state index contributed by atoms with van der Waals surface area (Å²) in [6.45, 7) is 5.23. The lowest BCUT2D eigenvalue weighted by Crippen LogP contribution is -2.39. The Labute approximate surface area is 185 Å². The fourth-order valence-corrected chi connectivity index (χ4v) is 3.90. The van der Waals surface area contributed by atoms with Crippen molar-refractivity contribution in [2.45, 2.75) is 58.2 Å². The molecule has 3 heterocycles. The highest BCUT2D eigenvalue weighted by molar-refractivity contribution is 5.97. The lowest BCUT2D eigenvalue weighted by molar-refractivity contribution is -0.127. The minimum absolute atomic E-state index is 0.0357. The number of hydrogen-bond acceptors (Lipinski definition) is 6. The summed E-state index contributed by atoms with van der Waals surface area (Å²) in [6, 6.07) is 0.0357. The Hall–Kier alpha value is -3.14. The molecule has 0 radical (unpaired) electrons. The largest absolute Gasteiger partial charge is 0.494 e. The molecule has 0 aromatic carbocycles. The zero-order valence-corrected chi connectivity index (χ0v) is 18.3. The number of carbonyl (C=O) groups is 2. The molecule has 2 aliphatic rings. The van der Waals surface area contributed by atoms with Crippen LogP contribution in [-0.2, 0) is 11.3 Å². The molecule has 10 heteroatoms. The molecule has 0 spiro atoms. The van der Waals surface area contributed by atoms with Crippen LogP contribution in [0.3, 0.4) is 0 Å². The van der Waals surface area contributed by atoms with E-state index < -0.39 is 17.3 Å². The van der Waals surface area contributed by atoms with Crippen molar-refractivity contribution in [3.8, 4) is 5.88 Å². The highest BCUT2D eigenvalue weighted by Gasteiger charge is 2.30. The molecule has 0 atom stereocenters. The van der Waals surface area contributed by atoms with E-state index in [2.05, 4.69) is 10.4 Å². The maximum atomic E-state index is 13.0. The third kappa shape index (κ3) is 4.40. The Morgan fingerprint density at radius 1 is 1.25 bits per heavy atom. The van der Waals surface area contributed by atoms with Gasteiger partial charge in [-0.3, -0.25) is 19.0 Å². The summed E-state index contributed by atoms with van der Waals surface area (Å²) >= 11 is 0. The minimum Gasteiger partial charge on any atom is -0.494 e. The second kappa shape index (κ2) is 8.78. The third-order valence-electron chi connectivity index (χ3n) is 5.78. The molecule has 1 saturated carbocycles. The number of piperidine rings is 1. The highest BCUT2D eigenvalue weighted by atomic mass is 16.3. The summed E-state index contributed by atoms with van der Waals surface area (Å²) in [7, 11) is 0. The quantitative estimate of drug-likeness (QED) is 0.565. The molecule has 2 aromatic heterocycles. The Morgan fingerprint density at radius 2 is 1.94 bits per heavy atom. The lowest BCUT2D eigenvalue weighted by atomic mass is 10.1. The number of aromatic nitrogens is 3. The molecule has 1 aliphatic carbocycles. The van der Waals surface area contributed by atoms with Crippen molar-refractivity contribution in [1.82, 2.24) is 24.4 Å². The maximum absolute atomic E-state index is 13.0. The van der Waals surface area contributed by atoms with E-state index in [4.69, 9.17) is 0 Å². The Morgan fingerprint density at radius 3 is 2.56 bits per heavy atom. The van der Waals surface area contributed by atoms with Gasteiger partial charge in [0.1, 0.15) is 5.65 Å². The second-order valence-corrected chi connectivity index (χ2v) is 8.98. The first-order valence-corrected chi connectivity index (χ1v) is 11.1. The molecular formula is C22H29N5O5. The van der Waals surface area contributed by atoms with Crippen LogP contribution in [0.5, 0.6) is 5.88 Å². The molecule has 2 aromatic rings. The van der Waals surface area contributed by atoms with Crippen molar-refractivity contribution < 1.29 is 19.8 Å². The van der Waals surface area contributed by atoms with Crippen LogP contribution in [0.2, 0.25) is 0 Å². The fraction of sp³-hybridized carbons (Fsp3) is 0.545. The van der Waals surface area contributed by atoms with E-state index >= 15 is 0 Å². The summed E-state index contributed by atoms with van der Waals surface area (Å²) in [6.07, 6.45) is 6.85. The van der Waals surface area contributed by atoms with Crippen LogP contribution in [0.25, 0.3) is 11.7 Å². The van der Waals surface area contributed by atoms with Gasteiger partial charge >= 0.3 is 0 Å². The number of amides is 2. The summed E-state index contributed by atoms with van der Waals surface area (Å²) in [5.41, 5.74) is -0.224. The Bertz CT molecular complexity index is 1120. The number of aromatic hydroxyl groups is 1. The van der Waals surface area contributed by atoms with Crippen LogP contribution < -0.4 is 10.9 Å². The summed E-state index contributed by atoms with van der Waals surface area (Å²) < 4.78 is 2.60. The smallest absolute Gasteiger partial charge is 0.291 e. The number of likely N-dealkylation sites (tertiary alicyclic amines) is 1. The summed E-state index contributed by atoms with van der Waals surface area (Å²) in [4.78, 5) is 39.8. The van der Waals surface area contributed by atoms with Crippen molar-refractivity contribution in [2.24, 2.45) is 5.92 Å². The molecular weight excluding hydrogens is 414 g/mol. The predicted molar refractivity (Wildman–Crippen MR) is 117 cm³/mol. The van der Waals surface area contributed by atoms with E-state index in [-0.39, 0.29) is 29.5 Å². The molecule has 172 valence electrons. The third-order valence-corrected chi connectivity index (χ3v) is 5.78. The van der Waals surface area contributed by atoms with Crippen LogP contribution in [-0.4, -0.2) is 66.3 Å². The van der Waals surface area contributed by atoms with Crippen molar-refractivity contribution in [1.29, 1.82) is 0 Å². The number of aliphatic hydroxyl groups excluding tert-OH is 1. The van der Waals surface area contributed by atoms with E-state index in [1.54, 1.807) is 11.0 Å². The topological polar surface area (TPSA) is 129 Å². The van der Waals surface area contributed by atoms with E-state index in [0.717, 1.165) is 17.4 Å². The molecule has 1 aliphatic heterocycles. The van der Waals surface area contributed by atoms with Gasteiger partial charge in [0.2, 0.25) is 11.8 Å². The number of hydrogen-bond donors (Lipinski definition) is 3. The monoisotopic (exact) mass is 443 g/mol. The van der Waals surface area contributed by atoms with Crippen LogP contribution >= 0.6 is 0 Å². The number of carbonyl (C=O) groups excluding carboxylic acids is 2. The van der Waals surface area contributed by atoms with Crippen molar-refractivity contribution in [3.63, 3.8) is 0 Å². The van der Waals surface area contributed by atoms with Gasteiger partial charge in [0, 0.05) is 37.3 Å². The first-order valence-electron chi connectivity index (χ1n) is 11.1. The van der Waals surface area contributed by atoms with Crippen LogP contribution in [0, 0.1) is 5.92 Å². The molecule has 32 heavy (non-hydrogen) atoms. The fourth-order valence-electron chi connectivity index (χ4n) is 3.90. The molecule has 1 saturated heterocycles. The van der Waals surface area contributed by atoms with Crippen LogP contribution in [0.15, 0.2) is 17.1 Å². The minimum atomic E-state index is -0.702. The van der Waals surface area contributed by atoms with Gasteiger partial charge in [0.05, 0.1) is 12.3 Å². The van der Waals surface area contributed by atoms with E-state index in [1.807, 2.05) is 13.8 Å². The molecule has 10 nitrogen and oxygen atoms in total. The standard InChI is InChI=1S/C22H29N5O5/c1-13(2)12-26-20-14(3-6-17(29)25-9-7-16(28)8-10-25)11-23-27(20)22(32)18(21(26)31)19(30)24-15-4-5-15/h3,6,11,13,15-16,28,31H,4-5,7-10,12H2,1-2H3,(H,24,30). The first kappa shape index (κ1) is 22.1. The van der Waals surface area contributed by atoms with Gasteiger partial charge < -0.3 is 20.4 Å². The maximum Gasteiger partial charge on any atom is 0.291 e. The average Bonchev–Trinajstić information content (AvgIpc) is 3.45. The normalized spacial score (nSPS) is 17.6. The van der Waals surface area contributed by atoms with Crippen molar-refractivity contribution in [2.75, 3.05) is 13.1 Å². The molecule has 2 fully saturated rings. The van der Waals surface area contributed by atoms with Crippen LogP contribution in [0.1, 0.15) is 55.5 Å².